The fraction of sp³-hybridized carbons (Fsp3) is 0.250. The zero-order valence-electron chi connectivity index (χ0n) is 10.9. The molecule has 20 heavy (non-hydrogen) atoms. The highest BCUT2D eigenvalue weighted by Crippen LogP contribution is 2.26. The number of nitrogens with zero attached hydrogens (tertiary/aromatic N) is 3. The van der Waals surface area contributed by atoms with Gasteiger partial charge in [0.25, 0.3) is 0 Å². The first-order chi connectivity index (χ1) is 9.49. The molecule has 106 valence electrons. The highest BCUT2D eigenvalue weighted by atomic mass is 79.9. The first-order valence-corrected chi connectivity index (χ1v) is 6.66. The Kier molecular flexibility index (Phi) is 4.33. The summed E-state index contributed by atoms with van der Waals surface area (Å²) in [6.45, 7) is 4.05. The van der Waals surface area contributed by atoms with Crippen molar-refractivity contribution in [2.75, 3.05) is 17.7 Å². The van der Waals surface area contributed by atoms with Crippen LogP contribution in [0.25, 0.3) is 0 Å². The fourth-order valence-corrected chi connectivity index (χ4v) is 1.98. The Morgan fingerprint density at radius 1 is 1.35 bits per heavy atom. The molecule has 1 aromatic carbocycles. The van der Waals surface area contributed by atoms with E-state index in [9.17, 15) is 4.39 Å². The monoisotopic (exact) mass is 341 g/mol. The molecule has 0 bridgehead atoms. The third-order valence-electron chi connectivity index (χ3n) is 2.42. The van der Waals surface area contributed by atoms with E-state index >= 15 is 0 Å². The molecule has 0 radical (unpaired) electrons. The Labute approximate surface area is 123 Å². The summed E-state index contributed by atoms with van der Waals surface area (Å²) in [4.78, 5) is 11.8. The van der Waals surface area contributed by atoms with Crippen LogP contribution in [0.15, 0.2) is 16.6 Å². The van der Waals surface area contributed by atoms with E-state index in [4.69, 9.17) is 10.5 Å². The van der Waals surface area contributed by atoms with Crippen LogP contribution in [0.3, 0.4) is 0 Å². The molecule has 6 nitrogen and oxygen atoms in total. The Morgan fingerprint density at radius 3 is 2.80 bits per heavy atom. The van der Waals surface area contributed by atoms with Crippen molar-refractivity contribution in [3.63, 3.8) is 0 Å². The first kappa shape index (κ1) is 14.4. The second-order valence-electron chi connectivity index (χ2n) is 3.94. The molecule has 1 aromatic heterocycles. The molecule has 0 amide bonds. The summed E-state index contributed by atoms with van der Waals surface area (Å²) in [7, 11) is 0. The van der Waals surface area contributed by atoms with Gasteiger partial charge in [-0.15, -0.1) is 0 Å². The van der Waals surface area contributed by atoms with E-state index in [-0.39, 0.29) is 23.7 Å². The van der Waals surface area contributed by atoms with Gasteiger partial charge in [-0.2, -0.15) is 15.0 Å². The maximum atomic E-state index is 13.6. The van der Waals surface area contributed by atoms with Gasteiger partial charge in [-0.1, -0.05) is 0 Å². The van der Waals surface area contributed by atoms with Gasteiger partial charge < -0.3 is 15.8 Å². The van der Waals surface area contributed by atoms with E-state index in [1.165, 1.54) is 6.07 Å². The van der Waals surface area contributed by atoms with E-state index in [1.807, 2.05) is 6.92 Å². The fourth-order valence-electron chi connectivity index (χ4n) is 1.52. The molecule has 0 aliphatic heterocycles. The molecule has 8 heteroatoms. The summed E-state index contributed by atoms with van der Waals surface area (Å²) in [5.74, 6) is -0.155. The zero-order chi connectivity index (χ0) is 14.7. The van der Waals surface area contributed by atoms with Crippen molar-refractivity contribution in [1.29, 1.82) is 0 Å². The highest BCUT2D eigenvalue weighted by Gasteiger charge is 2.09. The third kappa shape index (κ3) is 3.32. The molecular formula is C12H13BrFN5O. The third-order valence-corrected chi connectivity index (χ3v) is 3.03. The van der Waals surface area contributed by atoms with E-state index in [1.54, 1.807) is 13.0 Å². The van der Waals surface area contributed by atoms with Gasteiger partial charge in [0.2, 0.25) is 11.9 Å². The molecule has 0 aliphatic rings. The summed E-state index contributed by atoms with van der Waals surface area (Å²) in [5.41, 5.74) is 6.94. The van der Waals surface area contributed by atoms with Crippen LogP contribution >= 0.6 is 15.9 Å². The lowest BCUT2D eigenvalue weighted by atomic mass is 10.2. The Hall–Kier alpha value is -1.96. The van der Waals surface area contributed by atoms with Gasteiger partial charge in [-0.05, 0) is 47.5 Å². The minimum absolute atomic E-state index is 0.0289. The lowest BCUT2D eigenvalue weighted by Gasteiger charge is -2.10. The number of nitrogen functional groups attached to an aromatic ring is 1. The average Bonchev–Trinajstić information content (AvgIpc) is 2.35. The Bertz CT molecular complexity index is 637. The van der Waals surface area contributed by atoms with Crippen molar-refractivity contribution in [1.82, 2.24) is 15.0 Å². The van der Waals surface area contributed by atoms with Gasteiger partial charge in [0, 0.05) is 5.69 Å². The molecule has 2 rings (SSSR count). The van der Waals surface area contributed by atoms with Crippen LogP contribution in [-0.2, 0) is 0 Å². The number of hydrogen-bond donors (Lipinski definition) is 2. The molecule has 2 aromatic rings. The number of nitrogens with one attached hydrogen (secondary N) is 1. The lowest BCUT2D eigenvalue weighted by Crippen LogP contribution is -2.07. The molecule has 0 aliphatic carbocycles. The van der Waals surface area contributed by atoms with Gasteiger partial charge >= 0.3 is 6.01 Å². The van der Waals surface area contributed by atoms with Crippen LogP contribution in [0, 0.1) is 12.7 Å². The molecule has 0 fully saturated rings. The van der Waals surface area contributed by atoms with Gasteiger partial charge in [0.1, 0.15) is 5.82 Å². The van der Waals surface area contributed by atoms with Crippen molar-refractivity contribution < 1.29 is 9.13 Å². The predicted molar refractivity (Wildman–Crippen MR) is 77.5 cm³/mol. The van der Waals surface area contributed by atoms with Gasteiger partial charge in [-0.3, -0.25) is 0 Å². The Morgan fingerprint density at radius 2 is 2.10 bits per heavy atom. The number of nitrogens with two attached hydrogens (primary N) is 1. The smallest absolute Gasteiger partial charge is 0.323 e. The first-order valence-electron chi connectivity index (χ1n) is 5.86. The largest absolute Gasteiger partial charge is 0.464 e. The second kappa shape index (κ2) is 6.00. The van der Waals surface area contributed by atoms with E-state index in [0.29, 0.717) is 16.8 Å². The average molecular weight is 342 g/mol. The Balaban J connectivity index is 2.32. The summed E-state index contributed by atoms with van der Waals surface area (Å²) in [5, 5.41) is 2.90. The van der Waals surface area contributed by atoms with Crippen LogP contribution in [-0.4, -0.2) is 21.6 Å². The molecule has 0 saturated heterocycles. The SMILES string of the molecule is CCOc1nc(N)nc(Nc2cc(F)c(Br)cc2C)n1. The number of benzene rings is 1. The summed E-state index contributed by atoms with van der Waals surface area (Å²) < 4.78 is 19.1. The van der Waals surface area contributed by atoms with Gasteiger partial charge in [0.05, 0.1) is 11.1 Å². The maximum absolute atomic E-state index is 13.6. The zero-order valence-corrected chi connectivity index (χ0v) is 12.5. The molecule has 0 unspecified atom stereocenters. The highest BCUT2D eigenvalue weighted by molar-refractivity contribution is 9.10. The second-order valence-corrected chi connectivity index (χ2v) is 4.79. The van der Waals surface area contributed by atoms with Crippen LogP contribution < -0.4 is 15.8 Å². The number of rotatable bonds is 4. The van der Waals surface area contributed by atoms with E-state index < -0.39 is 0 Å². The van der Waals surface area contributed by atoms with Crippen molar-refractivity contribution in [3.05, 3.63) is 28.0 Å². The molecule has 0 spiro atoms. The van der Waals surface area contributed by atoms with Crippen LogP contribution in [0.4, 0.5) is 22.0 Å². The van der Waals surface area contributed by atoms with Gasteiger partial charge in [0.15, 0.2) is 0 Å². The summed E-state index contributed by atoms with van der Waals surface area (Å²) in [6.07, 6.45) is 0. The van der Waals surface area contributed by atoms with Crippen molar-refractivity contribution in [3.8, 4) is 6.01 Å². The number of aromatic nitrogens is 3. The summed E-state index contributed by atoms with van der Waals surface area (Å²) >= 11 is 3.13. The molecule has 0 atom stereocenters. The molecule has 0 saturated carbocycles. The number of anilines is 3. The quantitative estimate of drug-likeness (QED) is 0.889. The van der Waals surface area contributed by atoms with Crippen molar-refractivity contribution >= 4 is 33.5 Å². The minimum atomic E-state index is -0.384. The van der Waals surface area contributed by atoms with Crippen molar-refractivity contribution in [2.24, 2.45) is 0 Å². The van der Waals surface area contributed by atoms with Crippen molar-refractivity contribution in [2.45, 2.75) is 13.8 Å². The normalized spacial score (nSPS) is 10.4. The number of ether oxygens (including phenoxy) is 1. The molecule has 3 N–H and O–H groups in total. The topological polar surface area (TPSA) is 86.0 Å². The van der Waals surface area contributed by atoms with E-state index in [0.717, 1.165) is 5.56 Å². The molecular weight excluding hydrogens is 329 g/mol. The number of halogens is 2. The van der Waals surface area contributed by atoms with Crippen LogP contribution in [0.5, 0.6) is 6.01 Å². The van der Waals surface area contributed by atoms with E-state index in [2.05, 4.69) is 36.2 Å². The van der Waals surface area contributed by atoms with Crippen LogP contribution in [0.1, 0.15) is 12.5 Å². The summed E-state index contributed by atoms with van der Waals surface area (Å²) in [6, 6.07) is 3.13. The minimum Gasteiger partial charge on any atom is -0.464 e. The lowest BCUT2D eigenvalue weighted by molar-refractivity contribution is 0.312. The predicted octanol–water partition coefficient (Wildman–Crippen LogP) is 2.81. The number of hydrogen-bond acceptors (Lipinski definition) is 6. The molecule has 1 heterocycles. The number of aryl methyl sites for hydroxylation is 1. The van der Waals surface area contributed by atoms with Gasteiger partial charge in [-0.25, -0.2) is 4.39 Å². The van der Waals surface area contributed by atoms with Crippen LogP contribution in [0.2, 0.25) is 0 Å². The maximum Gasteiger partial charge on any atom is 0.323 e. The standard InChI is InChI=1S/C12H13BrFN5O/c1-3-20-12-18-10(15)17-11(19-12)16-9-5-8(14)7(13)4-6(9)2/h4-5H,3H2,1-2H3,(H3,15,16,17,18,19).